The number of hydrogen-bond acceptors (Lipinski definition) is 3. The predicted molar refractivity (Wildman–Crippen MR) is 9.33 cm³/mol. The largest absolute Gasteiger partial charge is 0.773 e. The normalized spacial score (nSPS) is 9.25. The first-order chi connectivity index (χ1) is 1.91. The third kappa shape index (κ3) is 1.33. The van der Waals surface area contributed by atoms with Crippen molar-refractivity contribution in [3.63, 3.8) is 0 Å². The van der Waals surface area contributed by atoms with Crippen LogP contribution in [-0.4, -0.2) is 0 Å². The van der Waals surface area contributed by atoms with Gasteiger partial charge in [0, 0.05) is 5.34 Å². The van der Waals surface area contributed by atoms with E-state index < -0.39 is 0 Å². The lowest BCUT2D eigenvalue weighted by molar-refractivity contribution is 0.492. The van der Waals surface area contributed by atoms with E-state index in [2.05, 4.69) is 0 Å². The number of nitrogens with zero attached hydrogens (tertiary/aromatic N) is 2. The smallest absolute Gasteiger partial charge is 0.0121 e. The SMILES string of the molecule is [O-]N=NF. The fourth-order valence-corrected chi connectivity index (χ4v) is 0. The molecule has 0 atom stereocenters. The molecule has 0 aromatic heterocycles. The van der Waals surface area contributed by atoms with E-state index in [1.54, 1.807) is 0 Å². The summed E-state index contributed by atoms with van der Waals surface area (Å²) in [4.78, 5) is 0. The van der Waals surface area contributed by atoms with E-state index in [1.807, 2.05) is 0 Å². The van der Waals surface area contributed by atoms with E-state index in [0.717, 1.165) is 0 Å². The highest BCUT2D eigenvalue weighted by Gasteiger charge is 1.28. The first-order valence-electron chi connectivity index (χ1n) is 0.552. The lowest BCUT2D eigenvalue weighted by Gasteiger charge is -1.71. The molecule has 0 aromatic rings. The molecule has 0 N–H and O–H groups in total. The monoisotopic (exact) mass is 63.0 g/mol. The van der Waals surface area contributed by atoms with Gasteiger partial charge in [-0.1, -0.05) is 4.48 Å². The Bertz CT molecular complexity index is 21.2. The lowest BCUT2D eigenvalue weighted by Crippen LogP contribution is -1.23. The zero-order chi connectivity index (χ0) is 3.41. The molecule has 0 saturated carbocycles. The summed E-state index contributed by atoms with van der Waals surface area (Å²) in [5.41, 5.74) is 0. The van der Waals surface area contributed by atoms with E-state index in [-0.39, 0.29) is 0 Å². The number of hydrogen-bond donors (Lipinski definition) is 0. The standard InChI is InChI=1S/FHN2O/c1-2-3-4/h(H,2,4)/p-1. The molecule has 0 amide bonds. The highest BCUT2D eigenvalue weighted by molar-refractivity contribution is 4.12. The molecule has 0 saturated heterocycles. The van der Waals surface area contributed by atoms with Gasteiger partial charge < -0.3 is 5.21 Å². The van der Waals surface area contributed by atoms with Gasteiger partial charge in [-0.2, -0.15) is 5.28 Å². The van der Waals surface area contributed by atoms with Crippen LogP contribution in [-0.2, 0) is 0 Å². The summed E-state index contributed by atoms with van der Waals surface area (Å²) < 4.78 is 9.87. The molecule has 0 heterocycles. The van der Waals surface area contributed by atoms with Crippen LogP contribution in [0.5, 0.6) is 0 Å². The Balaban J connectivity index is 2.55. The maximum Gasteiger partial charge on any atom is 0.0121 e. The van der Waals surface area contributed by atoms with Gasteiger partial charge in [-0.15, -0.1) is 0 Å². The molecule has 24 valence electrons. The van der Waals surface area contributed by atoms with Crippen LogP contribution in [0.1, 0.15) is 0 Å². The van der Waals surface area contributed by atoms with Gasteiger partial charge in [-0.3, -0.25) is 0 Å². The molecule has 0 aliphatic heterocycles. The van der Waals surface area contributed by atoms with Crippen LogP contribution in [0.3, 0.4) is 0 Å². The quantitative estimate of drug-likeness (QED) is 0.303. The molecule has 0 fully saturated rings. The van der Waals surface area contributed by atoms with Crippen LogP contribution < -0.4 is 0 Å². The Morgan fingerprint density at radius 2 is 2.00 bits per heavy atom. The van der Waals surface area contributed by atoms with E-state index in [1.165, 1.54) is 10.6 Å². The fraction of sp³-hybridized carbons (Fsp3) is 0. The molecule has 0 aliphatic rings. The Hall–Kier alpha value is -0.670. The molecule has 0 aliphatic carbocycles. The average molecular weight is 63.0 g/mol. The lowest BCUT2D eigenvalue weighted by atomic mass is 13.0. The summed E-state index contributed by atoms with van der Waals surface area (Å²) in [7, 11) is 0. The maximum absolute atomic E-state index is 9.87. The van der Waals surface area contributed by atoms with Crippen molar-refractivity contribution < 1.29 is 4.48 Å². The van der Waals surface area contributed by atoms with Gasteiger partial charge in [0.1, 0.15) is 0 Å². The second-order valence-electron chi connectivity index (χ2n) is 0.157. The minimum absolute atomic E-state index is 1.31. The minimum atomic E-state index is 1.31. The molecule has 0 aromatic carbocycles. The van der Waals surface area contributed by atoms with Crippen molar-refractivity contribution in [1.82, 2.24) is 0 Å². The predicted octanol–water partition coefficient (Wildman–Crippen LogP) is 0.821. The van der Waals surface area contributed by atoms with Crippen molar-refractivity contribution in [2.45, 2.75) is 0 Å². The third-order valence-electron chi connectivity index (χ3n) is 0.0309. The van der Waals surface area contributed by atoms with Crippen molar-refractivity contribution in [1.29, 1.82) is 0 Å². The summed E-state index contributed by atoms with van der Waals surface area (Å²) in [6, 6.07) is 0. The van der Waals surface area contributed by atoms with Gasteiger partial charge >= 0.3 is 0 Å². The first kappa shape index (κ1) is 3.33. The molecule has 4 heteroatoms. The van der Waals surface area contributed by atoms with E-state index in [0.29, 0.717) is 0 Å². The molecular formula is FN2O-. The fourth-order valence-electron chi connectivity index (χ4n) is 0. The minimum Gasteiger partial charge on any atom is -0.773 e. The van der Waals surface area contributed by atoms with E-state index in [9.17, 15) is 4.48 Å². The van der Waals surface area contributed by atoms with Gasteiger partial charge in [0.2, 0.25) is 0 Å². The van der Waals surface area contributed by atoms with Crippen LogP contribution in [0.4, 0.5) is 4.48 Å². The Morgan fingerprint density at radius 1 is 1.75 bits per heavy atom. The van der Waals surface area contributed by atoms with Crippen LogP contribution >= 0.6 is 0 Å². The molecule has 4 heavy (non-hydrogen) atoms. The van der Waals surface area contributed by atoms with Gasteiger partial charge in [-0.25, -0.2) is 0 Å². The van der Waals surface area contributed by atoms with Crippen LogP contribution in [0.2, 0.25) is 0 Å². The topological polar surface area (TPSA) is 47.8 Å². The van der Waals surface area contributed by atoms with Crippen molar-refractivity contribution in [2.75, 3.05) is 0 Å². The van der Waals surface area contributed by atoms with Crippen molar-refractivity contribution in [2.24, 2.45) is 10.6 Å². The van der Waals surface area contributed by atoms with Gasteiger partial charge in [0.15, 0.2) is 0 Å². The van der Waals surface area contributed by atoms with Crippen LogP contribution in [0.25, 0.3) is 0 Å². The van der Waals surface area contributed by atoms with E-state index in [4.69, 9.17) is 5.21 Å². The van der Waals surface area contributed by atoms with Gasteiger partial charge in [0.25, 0.3) is 0 Å². The molecule has 3 nitrogen and oxygen atoms in total. The van der Waals surface area contributed by atoms with Gasteiger partial charge in [0.05, 0.1) is 0 Å². The average Bonchev–Trinajstić information content (AvgIpc) is 1.37. The Morgan fingerprint density at radius 3 is 2.00 bits per heavy atom. The summed E-state index contributed by atoms with van der Waals surface area (Å²) in [5, 5.41) is 11.1. The number of rotatable bonds is 0. The number of halogens is 1. The highest BCUT2D eigenvalue weighted by atomic mass is 19.2. The molecule has 0 spiro atoms. The second kappa shape index (κ2) is 2.33. The summed E-state index contributed by atoms with van der Waals surface area (Å²) in [6.07, 6.45) is 0. The molecule has 0 rings (SSSR count). The molecule has 0 bridgehead atoms. The molecule has 0 unspecified atom stereocenters. The Labute approximate surface area is 21.7 Å². The summed E-state index contributed by atoms with van der Waals surface area (Å²) >= 11 is 0. The van der Waals surface area contributed by atoms with Crippen molar-refractivity contribution in [3.8, 4) is 0 Å². The van der Waals surface area contributed by atoms with Crippen LogP contribution in [0, 0.1) is 5.21 Å². The highest BCUT2D eigenvalue weighted by Crippen LogP contribution is 1.63. The summed E-state index contributed by atoms with van der Waals surface area (Å²) in [6.45, 7) is 0. The second-order valence-corrected chi connectivity index (χ2v) is 0.157. The van der Waals surface area contributed by atoms with Crippen LogP contribution in [0.15, 0.2) is 10.6 Å². The molecular weight excluding hydrogens is 63.0 g/mol. The van der Waals surface area contributed by atoms with Crippen molar-refractivity contribution in [3.05, 3.63) is 5.21 Å². The maximum atomic E-state index is 9.87. The zero-order valence-corrected chi connectivity index (χ0v) is 1.68. The zero-order valence-electron chi connectivity index (χ0n) is 1.68. The first-order valence-corrected chi connectivity index (χ1v) is 0.552. The summed E-state index contributed by atoms with van der Waals surface area (Å²) in [5.74, 6) is 0. The van der Waals surface area contributed by atoms with Crippen molar-refractivity contribution >= 4 is 0 Å². The van der Waals surface area contributed by atoms with Gasteiger partial charge in [-0.05, 0) is 0 Å². The third-order valence-corrected chi connectivity index (χ3v) is 0.0309. The molecule has 0 radical (unpaired) electrons. The van der Waals surface area contributed by atoms with E-state index >= 15 is 0 Å². The Kier molecular flexibility index (Phi) is 1.94.